The fourth-order valence-corrected chi connectivity index (χ4v) is 4.65. The van der Waals surface area contributed by atoms with Gasteiger partial charge in [-0.3, -0.25) is 14.2 Å². The molecule has 2 aromatic carbocycles. The molecule has 0 aliphatic heterocycles. The van der Waals surface area contributed by atoms with Gasteiger partial charge in [0.2, 0.25) is 5.91 Å². The molecule has 2 N–H and O–H groups in total. The highest BCUT2D eigenvalue weighted by molar-refractivity contribution is 7.99. The van der Waals surface area contributed by atoms with Gasteiger partial charge < -0.3 is 10.4 Å². The number of carbonyl (C=O) groups excluding carboxylic acids is 1. The van der Waals surface area contributed by atoms with Gasteiger partial charge in [-0.15, -0.1) is 11.3 Å². The van der Waals surface area contributed by atoms with Gasteiger partial charge in [0, 0.05) is 24.1 Å². The molecule has 33 heavy (non-hydrogen) atoms. The van der Waals surface area contributed by atoms with Gasteiger partial charge in [-0.2, -0.15) is 0 Å². The molecule has 2 aromatic heterocycles. The Morgan fingerprint density at radius 3 is 2.76 bits per heavy atom. The number of thiazole rings is 1. The molecule has 0 saturated heterocycles. The summed E-state index contributed by atoms with van der Waals surface area (Å²) in [6, 6.07) is 10.4. The summed E-state index contributed by atoms with van der Waals surface area (Å²) in [5.74, 6) is -2.30. The predicted octanol–water partition coefficient (Wildman–Crippen LogP) is 3.91. The van der Waals surface area contributed by atoms with Crippen LogP contribution in [0.1, 0.15) is 6.42 Å². The number of hydrogen-bond acceptors (Lipinski definition) is 7. The first-order valence-electron chi connectivity index (χ1n) is 9.90. The average Bonchev–Trinajstić information content (AvgIpc) is 3.27. The summed E-state index contributed by atoms with van der Waals surface area (Å²) in [6.07, 6.45) is 0.381. The van der Waals surface area contributed by atoms with E-state index in [0.717, 1.165) is 35.2 Å². The molecule has 170 valence electrons. The van der Waals surface area contributed by atoms with Crippen LogP contribution in [0.4, 0.5) is 13.9 Å². The zero-order chi connectivity index (χ0) is 23.4. The topological polar surface area (TPSA) is 97.1 Å². The van der Waals surface area contributed by atoms with Crippen molar-refractivity contribution in [1.29, 1.82) is 0 Å². The molecule has 1 amide bonds. The standard InChI is InChI=1S/C22H18F2N4O3S2/c23-15-7-6-13(10-16(15)24)18-11-32-21(25-18)27-19(30)12-33-22-26-17-5-2-1-4-14(17)20(31)28(22)8-3-9-29/h1-2,4-7,10-11,29H,3,8-9,12H2,(H,25,27,30). The summed E-state index contributed by atoms with van der Waals surface area (Å²) < 4.78 is 28.1. The lowest BCUT2D eigenvalue weighted by molar-refractivity contribution is -0.113. The van der Waals surface area contributed by atoms with Crippen LogP contribution in [0.5, 0.6) is 0 Å². The molecule has 0 bridgehead atoms. The lowest BCUT2D eigenvalue weighted by atomic mass is 10.2. The molecule has 0 atom stereocenters. The largest absolute Gasteiger partial charge is 0.396 e. The van der Waals surface area contributed by atoms with Crippen molar-refractivity contribution in [3.63, 3.8) is 0 Å². The number of carbonyl (C=O) groups is 1. The molecular formula is C22H18F2N4O3S2. The number of rotatable bonds is 8. The van der Waals surface area contributed by atoms with Gasteiger partial charge in [-0.1, -0.05) is 23.9 Å². The summed E-state index contributed by atoms with van der Waals surface area (Å²) in [7, 11) is 0. The minimum absolute atomic E-state index is 0.0238. The summed E-state index contributed by atoms with van der Waals surface area (Å²) in [5, 5.41) is 14.6. The summed E-state index contributed by atoms with van der Waals surface area (Å²) >= 11 is 2.26. The highest BCUT2D eigenvalue weighted by Gasteiger charge is 2.15. The zero-order valence-corrected chi connectivity index (χ0v) is 18.8. The number of amides is 1. The van der Waals surface area contributed by atoms with Crippen LogP contribution >= 0.6 is 23.1 Å². The van der Waals surface area contributed by atoms with E-state index >= 15 is 0 Å². The van der Waals surface area contributed by atoms with E-state index in [0.29, 0.717) is 38.9 Å². The van der Waals surface area contributed by atoms with Crippen molar-refractivity contribution in [1.82, 2.24) is 14.5 Å². The van der Waals surface area contributed by atoms with Gasteiger partial charge in [0.1, 0.15) is 0 Å². The number of para-hydroxylation sites is 1. The van der Waals surface area contributed by atoms with Crippen LogP contribution in [-0.2, 0) is 11.3 Å². The zero-order valence-electron chi connectivity index (χ0n) is 17.1. The Hall–Kier alpha value is -3.15. The molecule has 0 fully saturated rings. The van der Waals surface area contributed by atoms with Gasteiger partial charge in [0.15, 0.2) is 21.9 Å². The second kappa shape index (κ2) is 10.2. The summed E-state index contributed by atoms with van der Waals surface area (Å²) in [6.45, 7) is 0.204. The Morgan fingerprint density at radius 2 is 1.97 bits per heavy atom. The fraction of sp³-hybridized carbons (Fsp3) is 0.182. The molecule has 0 unspecified atom stereocenters. The highest BCUT2D eigenvalue weighted by atomic mass is 32.2. The number of aromatic nitrogens is 3. The smallest absolute Gasteiger partial charge is 0.262 e. The number of benzene rings is 2. The SMILES string of the molecule is O=C(CSc1nc2ccccc2c(=O)n1CCCO)Nc1nc(-c2ccc(F)c(F)c2)cs1. The van der Waals surface area contributed by atoms with Gasteiger partial charge >= 0.3 is 0 Å². The molecule has 4 rings (SSSR count). The van der Waals surface area contributed by atoms with E-state index in [1.54, 1.807) is 29.6 Å². The van der Waals surface area contributed by atoms with Crippen molar-refractivity contribution >= 4 is 45.0 Å². The maximum Gasteiger partial charge on any atom is 0.262 e. The third-order valence-electron chi connectivity index (χ3n) is 4.66. The van der Waals surface area contributed by atoms with Crippen molar-refractivity contribution in [3.8, 4) is 11.3 Å². The minimum atomic E-state index is -0.974. The molecule has 7 nitrogen and oxygen atoms in total. The molecule has 11 heteroatoms. The Morgan fingerprint density at radius 1 is 1.15 bits per heavy atom. The molecule has 0 aliphatic carbocycles. The maximum absolute atomic E-state index is 13.5. The second-order valence-electron chi connectivity index (χ2n) is 6.95. The first-order chi connectivity index (χ1) is 16.0. The first-order valence-corrected chi connectivity index (χ1v) is 11.8. The van der Waals surface area contributed by atoms with Crippen molar-refractivity contribution in [2.24, 2.45) is 0 Å². The third-order valence-corrected chi connectivity index (χ3v) is 6.40. The monoisotopic (exact) mass is 488 g/mol. The lowest BCUT2D eigenvalue weighted by Gasteiger charge is -2.12. The number of anilines is 1. The quantitative estimate of drug-likeness (QED) is 0.288. The van der Waals surface area contributed by atoms with E-state index < -0.39 is 11.6 Å². The van der Waals surface area contributed by atoms with E-state index in [-0.39, 0.29) is 30.4 Å². The first kappa shape index (κ1) is 23.0. The lowest BCUT2D eigenvalue weighted by Crippen LogP contribution is -2.24. The van der Waals surface area contributed by atoms with Crippen LogP contribution in [-0.4, -0.2) is 37.9 Å². The van der Waals surface area contributed by atoms with E-state index in [1.807, 2.05) is 0 Å². The van der Waals surface area contributed by atoms with E-state index in [4.69, 9.17) is 5.11 Å². The number of aliphatic hydroxyl groups is 1. The Bertz CT molecular complexity index is 1370. The molecule has 0 spiro atoms. The van der Waals surface area contributed by atoms with Crippen LogP contribution < -0.4 is 10.9 Å². The number of nitrogens with one attached hydrogen (secondary N) is 1. The van der Waals surface area contributed by atoms with Crippen LogP contribution in [0.15, 0.2) is 57.8 Å². The van der Waals surface area contributed by atoms with Crippen LogP contribution in [0.2, 0.25) is 0 Å². The number of thioether (sulfide) groups is 1. The van der Waals surface area contributed by atoms with Crippen molar-refractivity contribution in [2.75, 3.05) is 17.7 Å². The van der Waals surface area contributed by atoms with Gasteiger partial charge in [-0.25, -0.2) is 18.7 Å². The predicted molar refractivity (Wildman–Crippen MR) is 125 cm³/mol. The van der Waals surface area contributed by atoms with Crippen molar-refractivity contribution < 1.29 is 18.7 Å². The highest BCUT2D eigenvalue weighted by Crippen LogP contribution is 2.26. The molecule has 0 aliphatic rings. The van der Waals surface area contributed by atoms with E-state index in [2.05, 4.69) is 15.3 Å². The normalized spacial score (nSPS) is 11.1. The molecule has 0 saturated carbocycles. The number of fused-ring (bicyclic) bond motifs is 1. The van der Waals surface area contributed by atoms with Crippen molar-refractivity contribution in [3.05, 3.63) is 69.8 Å². The molecule has 2 heterocycles. The van der Waals surface area contributed by atoms with E-state index in [1.165, 1.54) is 10.6 Å². The van der Waals surface area contributed by atoms with E-state index in [9.17, 15) is 18.4 Å². The number of halogens is 2. The van der Waals surface area contributed by atoms with Crippen LogP contribution in [0.3, 0.4) is 0 Å². The van der Waals surface area contributed by atoms with Gasteiger partial charge in [-0.05, 0) is 36.8 Å². The minimum Gasteiger partial charge on any atom is -0.396 e. The van der Waals surface area contributed by atoms with Crippen molar-refractivity contribution in [2.45, 2.75) is 18.1 Å². The Labute approximate surface area is 195 Å². The molecule has 0 radical (unpaired) electrons. The fourth-order valence-electron chi connectivity index (χ4n) is 3.09. The number of nitrogens with zero attached hydrogens (tertiary/aromatic N) is 3. The number of hydrogen-bond donors (Lipinski definition) is 2. The molecule has 4 aromatic rings. The molecular weight excluding hydrogens is 470 g/mol. The summed E-state index contributed by atoms with van der Waals surface area (Å²) in [4.78, 5) is 34.1. The average molecular weight is 489 g/mol. The third kappa shape index (κ3) is 5.27. The van der Waals surface area contributed by atoms with Crippen LogP contribution in [0, 0.1) is 11.6 Å². The van der Waals surface area contributed by atoms with Gasteiger partial charge in [0.05, 0.1) is 22.3 Å². The van der Waals surface area contributed by atoms with Crippen LogP contribution in [0.25, 0.3) is 22.2 Å². The summed E-state index contributed by atoms with van der Waals surface area (Å²) in [5.41, 5.74) is 1.11. The maximum atomic E-state index is 13.5. The van der Waals surface area contributed by atoms with Gasteiger partial charge in [0.25, 0.3) is 5.56 Å². The second-order valence-corrected chi connectivity index (χ2v) is 8.75. The number of aliphatic hydroxyl groups excluding tert-OH is 1. The Balaban J connectivity index is 1.47. The Kier molecular flexibility index (Phi) is 7.11.